The summed E-state index contributed by atoms with van der Waals surface area (Å²) in [6, 6.07) is 15.7. The number of ether oxygens (including phenoxy) is 2. The molecule has 3 aromatic heterocycles. The number of fused-ring (bicyclic) bond motifs is 1. The molecule has 0 saturated carbocycles. The normalized spacial score (nSPS) is 11.1. The van der Waals surface area contributed by atoms with Gasteiger partial charge < -0.3 is 14.8 Å². The maximum absolute atomic E-state index is 13.8. The van der Waals surface area contributed by atoms with Crippen molar-refractivity contribution in [1.29, 1.82) is 0 Å². The molecule has 0 atom stereocenters. The van der Waals surface area contributed by atoms with Crippen LogP contribution in [0.4, 0.5) is 0 Å². The molecule has 0 aliphatic heterocycles. The first-order valence-electron chi connectivity index (χ1n) is 13.5. The predicted molar refractivity (Wildman–Crippen MR) is 161 cm³/mol. The minimum Gasteiger partial charge on any atom is -0.493 e. The topological polar surface area (TPSA) is 99.8 Å². The van der Waals surface area contributed by atoms with Crippen LogP contribution in [-0.4, -0.2) is 45.8 Å². The van der Waals surface area contributed by atoms with Gasteiger partial charge in [0.15, 0.2) is 16.5 Å². The maximum Gasteiger partial charge on any atom is 0.268 e. The molecule has 41 heavy (non-hydrogen) atoms. The van der Waals surface area contributed by atoms with Crippen molar-refractivity contribution in [3.63, 3.8) is 0 Å². The lowest BCUT2D eigenvalue weighted by Crippen LogP contribution is -2.29. The van der Waals surface area contributed by atoms with E-state index in [2.05, 4.69) is 18.3 Å². The van der Waals surface area contributed by atoms with Crippen molar-refractivity contribution in [2.75, 3.05) is 20.8 Å². The van der Waals surface area contributed by atoms with Gasteiger partial charge in [-0.25, -0.2) is 9.67 Å². The van der Waals surface area contributed by atoms with Gasteiger partial charge in [-0.3, -0.25) is 14.0 Å². The number of carbonyl (C=O) groups is 1. The van der Waals surface area contributed by atoms with Gasteiger partial charge >= 0.3 is 0 Å². The summed E-state index contributed by atoms with van der Waals surface area (Å²) in [5.74, 6) is 1.13. The average molecular weight is 572 g/mol. The van der Waals surface area contributed by atoms with Gasteiger partial charge in [0.05, 0.1) is 37.6 Å². The van der Waals surface area contributed by atoms with Gasteiger partial charge in [-0.2, -0.15) is 5.10 Å². The summed E-state index contributed by atoms with van der Waals surface area (Å²) in [4.78, 5) is 31.9. The number of nitrogens with zero attached hydrogens (tertiary/aromatic N) is 4. The molecule has 0 fully saturated rings. The van der Waals surface area contributed by atoms with E-state index in [1.54, 1.807) is 14.2 Å². The molecule has 0 radical (unpaired) electrons. The molecule has 1 amide bonds. The van der Waals surface area contributed by atoms with Gasteiger partial charge in [-0.05, 0) is 62.1 Å². The molecule has 0 saturated heterocycles. The zero-order chi connectivity index (χ0) is 29.1. The number of hydrogen-bond donors (Lipinski definition) is 1. The van der Waals surface area contributed by atoms with Gasteiger partial charge in [0, 0.05) is 23.3 Å². The third-order valence-electron chi connectivity index (χ3n) is 7.09. The lowest BCUT2D eigenvalue weighted by atomic mass is 10.1. The zero-order valence-electron chi connectivity index (χ0n) is 23.9. The molecule has 0 bridgehead atoms. The molecule has 1 N–H and O–H groups in total. The largest absolute Gasteiger partial charge is 0.493 e. The number of aryl methyl sites for hydroxylation is 3. The molecule has 2 aromatic carbocycles. The molecule has 9 nitrogen and oxygen atoms in total. The van der Waals surface area contributed by atoms with Crippen molar-refractivity contribution in [3.8, 4) is 28.4 Å². The van der Waals surface area contributed by atoms with Crippen LogP contribution in [0.5, 0.6) is 11.5 Å². The molecule has 0 spiro atoms. The number of thiazole rings is 1. The Bertz CT molecular complexity index is 1790. The second-order valence-electron chi connectivity index (χ2n) is 9.75. The number of amides is 1. The molecule has 0 unspecified atom stereocenters. The van der Waals surface area contributed by atoms with E-state index < -0.39 is 0 Å². The van der Waals surface area contributed by atoms with Crippen LogP contribution in [0.15, 0.2) is 58.7 Å². The lowest BCUT2D eigenvalue weighted by Gasteiger charge is -2.10. The van der Waals surface area contributed by atoms with Crippen LogP contribution in [0.2, 0.25) is 0 Å². The van der Waals surface area contributed by atoms with E-state index in [9.17, 15) is 9.59 Å². The summed E-state index contributed by atoms with van der Waals surface area (Å²) >= 11 is 1.35. The second kappa shape index (κ2) is 12.0. The van der Waals surface area contributed by atoms with E-state index in [0.29, 0.717) is 52.1 Å². The fraction of sp³-hybridized carbons (Fsp3) is 0.290. The number of rotatable bonds is 10. The highest BCUT2D eigenvalue weighted by Crippen LogP contribution is 2.28. The van der Waals surface area contributed by atoms with Crippen LogP contribution in [-0.2, 0) is 24.1 Å². The van der Waals surface area contributed by atoms with Crippen LogP contribution in [0.3, 0.4) is 0 Å². The fourth-order valence-corrected chi connectivity index (χ4v) is 5.92. The number of nitrogens with one attached hydrogen (secondary N) is 1. The van der Waals surface area contributed by atoms with E-state index >= 15 is 0 Å². The summed E-state index contributed by atoms with van der Waals surface area (Å²) in [5.41, 5.74) is 6.08. The number of hydrogen-bond acceptors (Lipinski definition) is 7. The Morgan fingerprint density at radius 3 is 2.59 bits per heavy atom. The minimum absolute atomic E-state index is 0.0629. The number of aromatic nitrogens is 4. The Labute approximate surface area is 242 Å². The van der Waals surface area contributed by atoms with Crippen LogP contribution in [0.25, 0.3) is 21.9 Å². The van der Waals surface area contributed by atoms with Gasteiger partial charge in [0.25, 0.3) is 5.56 Å². The van der Waals surface area contributed by atoms with Crippen molar-refractivity contribution >= 4 is 22.2 Å². The lowest BCUT2D eigenvalue weighted by molar-refractivity contribution is -0.120. The molecule has 0 aliphatic carbocycles. The number of benzene rings is 2. The Morgan fingerprint density at radius 2 is 1.83 bits per heavy atom. The summed E-state index contributed by atoms with van der Waals surface area (Å²) in [6.45, 7) is 6.36. The second-order valence-corrected chi connectivity index (χ2v) is 10.6. The number of carbonyl (C=O) groups excluding carboxylic acids is 1. The smallest absolute Gasteiger partial charge is 0.268 e. The summed E-state index contributed by atoms with van der Waals surface area (Å²) in [6.07, 6.45) is 1.56. The Hall–Kier alpha value is -4.44. The first-order chi connectivity index (χ1) is 19.8. The van der Waals surface area contributed by atoms with Crippen molar-refractivity contribution < 1.29 is 14.3 Å². The van der Waals surface area contributed by atoms with E-state index in [-0.39, 0.29) is 17.9 Å². The quantitative estimate of drug-likeness (QED) is 0.261. The highest BCUT2D eigenvalue weighted by molar-refractivity contribution is 7.15. The summed E-state index contributed by atoms with van der Waals surface area (Å²) in [7, 11) is 3.19. The van der Waals surface area contributed by atoms with Gasteiger partial charge in [-0.15, -0.1) is 11.3 Å². The van der Waals surface area contributed by atoms with Crippen molar-refractivity contribution in [2.45, 2.75) is 40.0 Å². The molecule has 10 heteroatoms. The third kappa shape index (κ3) is 5.60. The van der Waals surface area contributed by atoms with Crippen molar-refractivity contribution in [2.24, 2.45) is 0 Å². The first-order valence-corrected chi connectivity index (χ1v) is 14.3. The maximum atomic E-state index is 13.8. The van der Waals surface area contributed by atoms with Crippen LogP contribution < -0.4 is 20.3 Å². The fourth-order valence-electron chi connectivity index (χ4n) is 4.99. The van der Waals surface area contributed by atoms with Crippen LogP contribution >= 0.6 is 11.3 Å². The van der Waals surface area contributed by atoms with Gasteiger partial charge in [0.1, 0.15) is 5.69 Å². The molecule has 3 heterocycles. The Kier molecular flexibility index (Phi) is 8.21. The van der Waals surface area contributed by atoms with E-state index in [4.69, 9.17) is 19.6 Å². The SMILES string of the molecule is CCc1ccccc1-n1nc(-c2c(C)nc3scc(CC(=O)NCCc4ccc(OC)c(OC)c4)n3c2=O)cc1C. The Balaban J connectivity index is 1.37. The zero-order valence-corrected chi connectivity index (χ0v) is 24.7. The number of para-hydroxylation sites is 1. The van der Waals surface area contributed by atoms with Crippen LogP contribution in [0.1, 0.15) is 35.1 Å². The van der Waals surface area contributed by atoms with Crippen molar-refractivity contribution in [1.82, 2.24) is 24.5 Å². The predicted octanol–water partition coefficient (Wildman–Crippen LogP) is 4.71. The highest BCUT2D eigenvalue weighted by Gasteiger charge is 2.20. The van der Waals surface area contributed by atoms with Crippen LogP contribution in [0, 0.1) is 13.8 Å². The van der Waals surface area contributed by atoms with E-state index in [1.165, 1.54) is 21.3 Å². The molecule has 212 valence electrons. The minimum atomic E-state index is -0.227. The molecule has 5 aromatic rings. The third-order valence-corrected chi connectivity index (χ3v) is 7.97. The molecular formula is C31H33N5O4S. The molecular weight excluding hydrogens is 538 g/mol. The highest BCUT2D eigenvalue weighted by atomic mass is 32.1. The Morgan fingerprint density at radius 1 is 1.05 bits per heavy atom. The van der Waals surface area contributed by atoms with E-state index in [0.717, 1.165) is 23.4 Å². The number of methoxy groups -OCH3 is 2. The van der Waals surface area contributed by atoms with Gasteiger partial charge in [0.2, 0.25) is 5.91 Å². The van der Waals surface area contributed by atoms with Gasteiger partial charge in [-0.1, -0.05) is 31.2 Å². The standard InChI is InChI=1S/C31H33N5O4S/c1-6-22-9-7-8-10-25(22)36-19(2)15-24(34-36)29-20(3)33-31-35(30(29)38)23(18-41-31)17-28(37)32-14-13-21-11-12-26(39-4)27(16-21)40-5/h7-12,15-16,18H,6,13-14,17H2,1-5H3,(H,32,37). The molecule has 0 aliphatic rings. The first kappa shape index (κ1) is 28.1. The summed E-state index contributed by atoms with van der Waals surface area (Å²) < 4.78 is 14.1. The van der Waals surface area contributed by atoms with Crippen molar-refractivity contribution in [3.05, 3.63) is 92.5 Å². The van der Waals surface area contributed by atoms with E-state index in [1.807, 2.05) is 66.4 Å². The molecule has 5 rings (SSSR count). The monoisotopic (exact) mass is 571 g/mol. The average Bonchev–Trinajstić information content (AvgIpc) is 3.55. The summed E-state index contributed by atoms with van der Waals surface area (Å²) in [5, 5.41) is 9.61.